The van der Waals surface area contributed by atoms with Gasteiger partial charge in [-0.1, -0.05) is 0 Å². The summed E-state index contributed by atoms with van der Waals surface area (Å²) in [5.74, 6) is 0.0627. The van der Waals surface area contributed by atoms with Crippen LogP contribution in [0.15, 0.2) is 9.31 Å². The van der Waals surface area contributed by atoms with Gasteiger partial charge in [0.15, 0.2) is 0 Å². The SMILES string of the molecule is COC(=O)c1c(C)oc(C)c1S(=O)(=O)N1CCC(C(C)N)CC1. The number of hydrogen-bond acceptors (Lipinski definition) is 6. The van der Waals surface area contributed by atoms with Gasteiger partial charge in [-0.05, 0) is 39.5 Å². The van der Waals surface area contributed by atoms with Crippen LogP contribution in [0, 0.1) is 19.8 Å². The van der Waals surface area contributed by atoms with Gasteiger partial charge >= 0.3 is 5.97 Å². The molecule has 130 valence electrons. The van der Waals surface area contributed by atoms with Crippen molar-refractivity contribution in [1.82, 2.24) is 4.31 Å². The van der Waals surface area contributed by atoms with E-state index in [2.05, 4.69) is 0 Å². The number of sulfonamides is 1. The van der Waals surface area contributed by atoms with Crippen molar-refractivity contribution in [2.75, 3.05) is 20.2 Å². The summed E-state index contributed by atoms with van der Waals surface area (Å²) in [4.78, 5) is 11.9. The van der Waals surface area contributed by atoms with Crippen molar-refractivity contribution in [1.29, 1.82) is 0 Å². The Bertz CT molecular complexity index is 685. The first-order chi connectivity index (χ1) is 10.7. The molecule has 1 atom stereocenters. The molecule has 0 saturated carbocycles. The first-order valence-corrected chi connectivity index (χ1v) is 9.08. The Kier molecular flexibility index (Phi) is 5.17. The van der Waals surface area contributed by atoms with Gasteiger partial charge in [0.2, 0.25) is 10.0 Å². The van der Waals surface area contributed by atoms with Crippen molar-refractivity contribution in [3.8, 4) is 0 Å². The number of carbonyl (C=O) groups is 1. The third-order valence-electron chi connectivity index (χ3n) is 4.43. The van der Waals surface area contributed by atoms with Crippen LogP contribution < -0.4 is 5.73 Å². The topological polar surface area (TPSA) is 103 Å². The third-order valence-corrected chi connectivity index (χ3v) is 6.49. The van der Waals surface area contributed by atoms with Crippen molar-refractivity contribution < 1.29 is 22.4 Å². The minimum atomic E-state index is -3.81. The fourth-order valence-corrected chi connectivity index (χ4v) is 4.92. The number of ether oxygens (including phenoxy) is 1. The van der Waals surface area contributed by atoms with E-state index in [1.165, 1.54) is 11.4 Å². The molecule has 1 fully saturated rings. The molecule has 0 spiro atoms. The highest BCUT2D eigenvalue weighted by molar-refractivity contribution is 7.89. The summed E-state index contributed by atoms with van der Waals surface area (Å²) in [6.07, 6.45) is 1.42. The summed E-state index contributed by atoms with van der Waals surface area (Å²) < 4.78 is 37.4. The zero-order valence-electron chi connectivity index (χ0n) is 14.0. The zero-order chi connectivity index (χ0) is 17.4. The van der Waals surface area contributed by atoms with Crippen LogP contribution >= 0.6 is 0 Å². The van der Waals surface area contributed by atoms with Crippen LogP contribution in [-0.2, 0) is 14.8 Å². The highest BCUT2D eigenvalue weighted by Gasteiger charge is 2.37. The van der Waals surface area contributed by atoms with E-state index in [0.717, 1.165) is 0 Å². The Morgan fingerprint density at radius 3 is 2.35 bits per heavy atom. The number of rotatable bonds is 4. The van der Waals surface area contributed by atoms with Crippen LogP contribution in [0.3, 0.4) is 0 Å². The van der Waals surface area contributed by atoms with Gasteiger partial charge in [0.05, 0.1) is 7.11 Å². The number of nitrogens with zero attached hydrogens (tertiary/aromatic N) is 1. The van der Waals surface area contributed by atoms with Gasteiger partial charge in [-0.25, -0.2) is 13.2 Å². The summed E-state index contributed by atoms with van der Waals surface area (Å²) in [6, 6.07) is 0.0448. The van der Waals surface area contributed by atoms with Crippen LogP contribution in [0.2, 0.25) is 0 Å². The molecule has 2 rings (SSSR count). The summed E-state index contributed by atoms with van der Waals surface area (Å²) in [5.41, 5.74) is 5.88. The monoisotopic (exact) mass is 344 g/mol. The van der Waals surface area contributed by atoms with Gasteiger partial charge in [-0.15, -0.1) is 0 Å². The number of carbonyl (C=O) groups excluding carboxylic acids is 1. The maximum atomic E-state index is 13.0. The highest BCUT2D eigenvalue weighted by Crippen LogP contribution is 2.32. The first kappa shape index (κ1) is 18.0. The van der Waals surface area contributed by atoms with E-state index in [-0.39, 0.29) is 28.0 Å². The lowest BCUT2D eigenvalue weighted by atomic mass is 9.92. The average Bonchev–Trinajstić information content (AvgIpc) is 2.81. The number of nitrogens with two attached hydrogens (primary N) is 1. The summed E-state index contributed by atoms with van der Waals surface area (Å²) >= 11 is 0. The molecule has 1 saturated heterocycles. The van der Waals surface area contributed by atoms with Crippen molar-refractivity contribution in [2.45, 2.75) is 44.6 Å². The standard InChI is InChI=1S/C15H24N2O5S/c1-9(16)12-5-7-17(8-6-12)23(19,20)14-11(3)22-10(2)13(14)15(18)21-4/h9,12H,5-8,16H2,1-4H3. The minimum absolute atomic E-state index is 0.0145. The Hall–Kier alpha value is -1.38. The van der Waals surface area contributed by atoms with Gasteiger partial charge < -0.3 is 14.9 Å². The minimum Gasteiger partial charge on any atom is -0.465 e. The number of methoxy groups -OCH3 is 1. The molecule has 8 heteroatoms. The molecule has 1 aromatic heterocycles. The molecule has 1 aliphatic rings. The normalized spacial score (nSPS) is 18.8. The average molecular weight is 344 g/mol. The fraction of sp³-hybridized carbons (Fsp3) is 0.667. The smallest absolute Gasteiger partial charge is 0.342 e. The summed E-state index contributed by atoms with van der Waals surface area (Å²) in [7, 11) is -2.59. The molecular weight excluding hydrogens is 320 g/mol. The molecule has 2 N–H and O–H groups in total. The van der Waals surface area contributed by atoms with Crippen LogP contribution in [0.25, 0.3) is 0 Å². The second-order valence-electron chi connectivity index (χ2n) is 6.01. The van der Waals surface area contributed by atoms with Crippen LogP contribution in [0.5, 0.6) is 0 Å². The molecule has 1 aliphatic heterocycles. The molecule has 0 aliphatic carbocycles. The number of furan rings is 1. The van der Waals surface area contributed by atoms with Gasteiger partial charge in [-0.2, -0.15) is 4.31 Å². The molecule has 0 aromatic carbocycles. The summed E-state index contributed by atoms with van der Waals surface area (Å²) in [6.45, 7) is 5.81. The number of hydrogen-bond donors (Lipinski definition) is 1. The van der Waals surface area contributed by atoms with E-state index in [9.17, 15) is 13.2 Å². The summed E-state index contributed by atoms with van der Waals surface area (Å²) in [5, 5.41) is 0. The van der Waals surface area contributed by atoms with E-state index in [4.69, 9.17) is 14.9 Å². The molecule has 0 bridgehead atoms. The first-order valence-electron chi connectivity index (χ1n) is 7.64. The molecule has 0 radical (unpaired) electrons. The van der Waals surface area contributed by atoms with Crippen molar-refractivity contribution in [3.63, 3.8) is 0 Å². The van der Waals surface area contributed by atoms with Gasteiger partial charge in [0, 0.05) is 19.1 Å². The Labute approximate surface area is 136 Å². The lowest BCUT2D eigenvalue weighted by Gasteiger charge is -2.32. The molecule has 7 nitrogen and oxygen atoms in total. The largest absolute Gasteiger partial charge is 0.465 e. The van der Waals surface area contributed by atoms with E-state index in [1.54, 1.807) is 13.8 Å². The highest BCUT2D eigenvalue weighted by atomic mass is 32.2. The fourth-order valence-electron chi connectivity index (χ4n) is 3.08. The van der Waals surface area contributed by atoms with Gasteiger partial charge in [-0.3, -0.25) is 0 Å². The van der Waals surface area contributed by atoms with Crippen molar-refractivity contribution in [2.24, 2.45) is 11.7 Å². The molecule has 1 aromatic rings. The van der Waals surface area contributed by atoms with E-state index < -0.39 is 16.0 Å². The lowest BCUT2D eigenvalue weighted by molar-refractivity contribution is 0.0594. The Morgan fingerprint density at radius 1 is 1.30 bits per heavy atom. The van der Waals surface area contributed by atoms with Gasteiger partial charge in [0.1, 0.15) is 22.0 Å². The predicted octanol–water partition coefficient (Wildman–Crippen LogP) is 1.43. The quantitative estimate of drug-likeness (QED) is 0.829. The molecule has 1 unspecified atom stereocenters. The molecule has 23 heavy (non-hydrogen) atoms. The maximum absolute atomic E-state index is 13.0. The van der Waals surface area contributed by atoms with Crippen LogP contribution in [0.4, 0.5) is 0 Å². The number of piperidine rings is 1. The molecular formula is C15H24N2O5S. The van der Waals surface area contributed by atoms with Gasteiger partial charge in [0.25, 0.3) is 0 Å². The van der Waals surface area contributed by atoms with Crippen LogP contribution in [0.1, 0.15) is 41.6 Å². The Balaban J connectivity index is 2.36. The second-order valence-corrected chi connectivity index (χ2v) is 7.89. The second kappa shape index (κ2) is 6.62. The van der Waals surface area contributed by atoms with E-state index >= 15 is 0 Å². The van der Waals surface area contributed by atoms with E-state index in [1.807, 2.05) is 6.92 Å². The van der Waals surface area contributed by atoms with E-state index in [0.29, 0.717) is 31.8 Å². The number of aryl methyl sites for hydroxylation is 2. The maximum Gasteiger partial charge on any atom is 0.342 e. The number of esters is 1. The third kappa shape index (κ3) is 3.29. The molecule has 2 heterocycles. The molecule has 0 amide bonds. The Morgan fingerprint density at radius 2 is 1.87 bits per heavy atom. The lowest BCUT2D eigenvalue weighted by Crippen LogP contribution is -2.42. The van der Waals surface area contributed by atoms with Crippen molar-refractivity contribution in [3.05, 3.63) is 17.1 Å². The zero-order valence-corrected chi connectivity index (χ0v) is 14.8. The predicted molar refractivity (Wildman–Crippen MR) is 84.7 cm³/mol. The van der Waals surface area contributed by atoms with Crippen LogP contribution in [-0.4, -0.2) is 44.9 Å². The van der Waals surface area contributed by atoms with Crippen molar-refractivity contribution >= 4 is 16.0 Å².